The van der Waals surface area contributed by atoms with Gasteiger partial charge in [-0.25, -0.2) is 0 Å². The molecule has 0 unspecified atom stereocenters. The molecule has 92 valence electrons. The minimum absolute atomic E-state index is 0.174. The number of aromatic amines is 1. The summed E-state index contributed by atoms with van der Waals surface area (Å²) in [5.74, 6) is -0.174. The Kier molecular flexibility index (Phi) is 3.38. The molecule has 5 nitrogen and oxygen atoms in total. The first-order valence-corrected chi connectivity index (χ1v) is 5.67. The molecule has 1 amide bonds. The van der Waals surface area contributed by atoms with E-state index in [1.807, 2.05) is 6.07 Å². The van der Waals surface area contributed by atoms with Crippen LogP contribution >= 0.6 is 12.2 Å². The van der Waals surface area contributed by atoms with Gasteiger partial charge >= 0.3 is 0 Å². The molecule has 1 heterocycles. The van der Waals surface area contributed by atoms with E-state index in [1.54, 1.807) is 31.3 Å². The second kappa shape index (κ2) is 4.97. The molecular formula is C12H12N4OS. The summed E-state index contributed by atoms with van der Waals surface area (Å²) in [6, 6.07) is 8.82. The monoisotopic (exact) mass is 260 g/mol. The number of nitrogens with two attached hydrogens (primary N) is 1. The van der Waals surface area contributed by atoms with Crippen molar-refractivity contribution in [3.8, 4) is 0 Å². The van der Waals surface area contributed by atoms with E-state index in [0.29, 0.717) is 10.7 Å². The van der Waals surface area contributed by atoms with Crippen LogP contribution < -0.4 is 10.6 Å². The van der Waals surface area contributed by atoms with Crippen molar-refractivity contribution in [1.29, 1.82) is 0 Å². The Morgan fingerprint density at radius 2 is 2.22 bits per heavy atom. The van der Waals surface area contributed by atoms with Crippen molar-refractivity contribution in [2.45, 2.75) is 0 Å². The summed E-state index contributed by atoms with van der Waals surface area (Å²) in [6.45, 7) is 0. The van der Waals surface area contributed by atoms with E-state index in [4.69, 9.17) is 18.0 Å². The van der Waals surface area contributed by atoms with Gasteiger partial charge in [-0.05, 0) is 18.2 Å². The summed E-state index contributed by atoms with van der Waals surface area (Å²) < 4.78 is 0. The summed E-state index contributed by atoms with van der Waals surface area (Å²) in [4.78, 5) is 13.9. The fourth-order valence-corrected chi connectivity index (χ4v) is 1.67. The molecule has 0 aliphatic carbocycles. The Balaban J connectivity index is 2.29. The number of aromatic nitrogens is 2. The Hall–Kier alpha value is -2.21. The van der Waals surface area contributed by atoms with Gasteiger partial charge in [0.25, 0.3) is 5.91 Å². The highest BCUT2D eigenvalue weighted by Gasteiger charge is 2.14. The van der Waals surface area contributed by atoms with Gasteiger partial charge in [-0.2, -0.15) is 5.10 Å². The van der Waals surface area contributed by atoms with Crippen LogP contribution in [0, 0.1) is 0 Å². The van der Waals surface area contributed by atoms with Gasteiger partial charge in [-0.1, -0.05) is 24.4 Å². The fourth-order valence-electron chi connectivity index (χ4n) is 1.54. The van der Waals surface area contributed by atoms with Crippen molar-refractivity contribution in [3.05, 3.63) is 47.8 Å². The second-order valence-corrected chi connectivity index (χ2v) is 4.19. The average molecular weight is 260 g/mol. The molecule has 0 radical (unpaired) electrons. The number of nitrogens with zero attached hydrogens (tertiary/aromatic N) is 2. The van der Waals surface area contributed by atoms with E-state index < -0.39 is 0 Å². The Morgan fingerprint density at radius 1 is 1.44 bits per heavy atom. The first-order chi connectivity index (χ1) is 8.59. The summed E-state index contributed by atoms with van der Waals surface area (Å²) in [7, 11) is 1.68. The minimum Gasteiger partial charge on any atom is -0.389 e. The topological polar surface area (TPSA) is 75.0 Å². The van der Waals surface area contributed by atoms with Crippen molar-refractivity contribution < 1.29 is 4.79 Å². The predicted octanol–water partition coefficient (Wildman–Crippen LogP) is 1.32. The van der Waals surface area contributed by atoms with Gasteiger partial charge in [-0.15, -0.1) is 0 Å². The Labute approximate surface area is 110 Å². The van der Waals surface area contributed by atoms with Crippen LogP contribution in [0.5, 0.6) is 0 Å². The van der Waals surface area contributed by atoms with Crippen molar-refractivity contribution >= 4 is 28.8 Å². The summed E-state index contributed by atoms with van der Waals surface area (Å²) in [5, 5.41) is 6.39. The van der Waals surface area contributed by atoms with Crippen molar-refractivity contribution in [1.82, 2.24) is 10.2 Å². The molecule has 2 rings (SSSR count). The number of amides is 1. The quantitative estimate of drug-likeness (QED) is 0.816. The van der Waals surface area contributed by atoms with Gasteiger partial charge in [0.05, 0.1) is 0 Å². The van der Waals surface area contributed by atoms with Gasteiger partial charge in [0.2, 0.25) is 0 Å². The highest BCUT2D eigenvalue weighted by molar-refractivity contribution is 7.80. The number of nitrogens with one attached hydrogen (secondary N) is 1. The van der Waals surface area contributed by atoms with Crippen LogP contribution in [-0.4, -0.2) is 28.1 Å². The third kappa shape index (κ3) is 2.38. The van der Waals surface area contributed by atoms with Crippen LogP contribution in [0.4, 0.5) is 5.69 Å². The number of benzene rings is 1. The summed E-state index contributed by atoms with van der Waals surface area (Å²) in [5.41, 5.74) is 7.44. The molecule has 0 spiro atoms. The molecule has 0 bridgehead atoms. The predicted molar refractivity (Wildman–Crippen MR) is 73.7 cm³/mol. The maximum absolute atomic E-state index is 12.1. The zero-order valence-electron chi connectivity index (χ0n) is 9.75. The third-order valence-electron chi connectivity index (χ3n) is 2.55. The Morgan fingerprint density at radius 3 is 2.83 bits per heavy atom. The molecule has 2 aromatic rings. The van der Waals surface area contributed by atoms with Crippen LogP contribution in [0.25, 0.3) is 0 Å². The van der Waals surface area contributed by atoms with Crippen molar-refractivity contribution in [2.24, 2.45) is 5.73 Å². The van der Waals surface area contributed by atoms with E-state index in [-0.39, 0.29) is 5.91 Å². The molecule has 0 fully saturated rings. The lowest BCUT2D eigenvalue weighted by Gasteiger charge is -2.17. The fraction of sp³-hybridized carbons (Fsp3) is 0.0833. The lowest BCUT2D eigenvalue weighted by atomic mass is 10.2. The largest absolute Gasteiger partial charge is 0.389 e. The zero-order valence-corrected chi connectivity index (χ0v) is 10.6. The number of carbonyl (C=O) groups is 1. The van der Waals surface area contributed by atoms with E-state index in [0.717, 1.165) is 11.3 Å². The number of rotatable bonds is 3. The molecule has 0 aliphatic heterocycles. The average Bonchev–Trinajstić information content (AvgIpc) is 2.91. The van der Waals surface area contributed by atoms with Gasteiger partial charge in [-0.3, -0.25) is 9.89 Å². The third-order valence-corrected chi connectivity index (χ3v) is 2.79. The molecule has 6 heteroatoms. The first-order valence-electron chi connectivity index (χ1n) is 5.27. The molecule has 0 aliphatic rings. The van der Waals surface area contributed by atoms with E-state index in [1.165, 1.54) is 11.1 Å². The van der Waals surface area contributed by atoms with E-state index in [9.17, 15) is 4.79 Å². The van der Waals surface area contributed by atoms with Crippen LogP contribution in [-0.2, 0) is 0 Å². The maximum Gasteiger partial charge on any atom is 0.276 e. The molecule has 0 atom stereocenters. The maximum atomic E-state index is 12.1. The van der Waals surface area contributed by atoms with Crippen molar-refractivity contribution in [3.63, 3.8) is 0 Å². The van der Waals surface area contributed by atoms with Gasteiger partial charge in [0.15, 0.2) is 0 Å². The standard InChI is InChI=1S/C12H12N4OS/c1-16(12(17)10-5-6-14-15-10)9-4-2-3-8(7-9)11(13)18/h2-7H,1H3,(H2,13,18)(H,14,15). The number of anilines is 1. The molecule has 1 aromatic carbocycles. The number of carbonyl (C=O) groups excluding carboxylic acids is 1. The van der Waals surface area contributed by atoms with Gasteiger partial charge < -0.3 is 10.6 Å². The highest BCUT2D eigenvalue weighted by atomic mass is 32.1. The molecule has 0 saturated heterocycles. The van der Waals surface area contributed by atoms with Crippen molar-refractivity contribution in [2.75, 3.05) is 11.9 Å². The highest BCUT2D eigenvalue weighted by Crippen LogP contribution is 2.16. The number of thiocarbonyl (C=S) groups is 1. The molecule has 1 aromatic heterocycles. The van der Waals surface area contributed by atoms with Crippen LogP contribution in [0.2, 0.25) is 0 Å². The zero-order chi connectivity index (χ0) is 13.1. The number of hydrogen-bond acceptors (Lipinski definition) is 3. The minimum atomic E-state index is -0.174. The van der Waals surface area contributed by atoms with Gasteiger partial charge in [0, 0.05) is 24.5 Å². The lowest BCUT2D eigenvalue weighted by Crippen LogP contribution is -2.26. The molecule has 0 saturated carbocycles. The lowest BCUT2D eigenvalue weighted by molar-refractivity contribution is 0.0988. The molecular weight excluding hydrogens is 248 g/mol. The van der Waals surface area contributed by atoms with E-state index >= 15 is 0 Å². The SMILES string of the molecule is CN(C(=O)c1ccn[nH]1)c1cccc(C(N)=S)c1. The molecule has 3 N–H and O–H groups in total. The first kappa shape index (κ1) is 12.3. The summed E-state index contributed by atoms with van der Waals surface area (Å²) in [6.07, 6.45) is 1.53. The number of H-pyrrole nitrogens is 1. The second-order valence-electron chi connectivity index (χ2n) is 3.75. The van der Waals surface area contributed by atoms with Crippen LogP contribution in [0.3, 0.4) is 0 Å². The molecule has 18 heavy (non-hydrogen) atoms. The van der Waals surface area contributed by atoms with Crippen LogP contribution in [0.1, 0.15) is 16.1 Å². The van der Waals surface area contributed by atoms with Crippen LogP contribution in [0.15, 0.2) is 36.5 Å². The Bertz CT molecular complexity index is 580. The van der Waals surface area contributed by atoms with E-state index in [2.05, 4.69) is 10.2 Å². The normalized spacial score (nSPS) is 10.1. The number of hydrogen-bond donors (Lipinski definition) is 2. The summed E-state index contributed by atoms with van der Waals surface area (Å²) >= 11 is 4.91. The smallest absolute Gasteiger partial charge is 0.276 e. The van der Waals surface area contributed by atoms with Gasteiger partial charge in [0.1, 0.15) is 10.7 Å².